The molecule has 84 valence electrons. The summed E-state index contributed by atoms with van der Waals surface area (Å²) in [6.45, 7) is 1.64. The van der Waals surface area contributed by atoms with E-state index in [2.05, 4.69) is 34.7 Å². The Morgan fingerprint density at radius 1 is 1.38 bits per heavy atom. The number of rotatable bonds is 4. The first kappa shape index (κ1) is 11.2. The van der Waals surface area contributed by atoms with E-state index in [-0.39, 0.29) is 0 Å². The minimum Gasteiger partial charge on any atom is -0.316 e. The predicted octanol–water partition coefficient (Wildman–Crippen LogP) is 2.30. The lowest BCUT2D eigenvalue weighted by molar-refractivity contribution is 0.685. The van der Waals surface area contributed by atoms with Crippen molar-refractivity contribution in [3.63, 3.8) is 0 Å². The molecule has 0 bridgehead atoms. The zero-order valence-electron chi connectivity index (χ0n) is 9.15. The molecule has 1 aromatic heterocycles. The van der Waals surface area contributed by atoms with Gasteiger partial charge in [0.15, 0.2) is 0 Å². The molecule has 2 aromatic rings. The third-order valence-electron chi connectivity index (χ3n) is 2.32. The molecule has 0 saturated heterocycles. The molecule has 0 aliphatic heterocycles. The minimum absolute atomic E-state index is 0.673. The number of benzene rings is 1. The standard InChI is InChI=1S/C12H14ClN3/c1-14-6-10-3-2-4-11(5-10)8-16-9-12(13)7-15-16/h2-5,7,9,14H,6,8H2,1H3. The third kappa shape index (κ3) is 2.84. The van der Waals surface area contributed by atoms with Gasteiger partial charge in [0.25, 0.3) is 0 Å². The normalized spacial score (nSPS) is 10.6. The fourth-order valence-corrected chi connectivity index (χ4v) is 1.81. The Kier molecular flexibility index (Phi) is 3.59. The highest BCUT2D eigenvalue weighted by molar-refractivity contribution is 6.30. The molecule has 0 fully saturated rings. The summed E-state index contributed by atoms with van der Waals surface area (Å²) in [6.07, 6.45) is 3.48. The fourth-order valence-electron chi connectivity index (χ4n) is 1.65. The van der Waals surface area contributed by atoms with Crippen LogP contribution in [0.3, 0.4) is 0 Å². The van der Waals surface area contributed by atoms with Crippen LogP contribution in [0.4, 0.5) is 0 Å². The highest BCUT2D eigenvalue weighted by atomic mass is 35.5. The molecular formula is C12H14ClN3. The molecule has 0 atom stereocenters. The van der Waals surface area contributed by atoms with Crippen molar-refractivity contribution in [2.45, 2.75) is 13.1 Å². The Balaban J connectivity index is 2.12. The van der Waals surface area contributed by atoms with Crippen LogP contribution < -0.4 is 5.32 Å². The van der Waals surface area contributed by atoms with Crippen LogP contribution in [0.2, 0.25) is 5.02 Å². The smallest absolute Gasteiger partial charge is 0.0785 e. The molecule has 0 radical (unpaired) electrons. The van der Waals surface area contributed by atoms with Crippen molar-refractivity contribution in [3.8, 4) is 0 Å². The van der Waals surface area contributed by atoms with Gasteiger partial charge in [-0.3, -0.25) is 4.68 Å². The van der Waals surface area contributed by atoms with Crippen molar-refractivity contribution in [3.05, 3.63) is 52.8 Å². The third-order valence-corrected chi connectivity index (χ3v) is 2.51. The zero-order valence-corrected chi connectivity index (χ0v) is 9.91. The van der Waals surface area contributed by atoms with E-state index in [1.54, 1.807) is 6.20 Å². The topological polar surface area (TPSA) is 29.9 Å². The van der Waals surface area contributed by atoms with Gasteiger partial charge in [-0.25, -0.2) is 0 Å². The maximum Gasteiger partial charge on any atom is 0.0785 e. The van der Waals surface area contributed by atoms with E-state index in [4.69, 9.17) is 11.6 Å². The van der Waals surface area contributed by atoms with E-state index < -0.39 is 0 Å². The molecule has 0 aliphatic carbocycles. The van der Waals surface area contributed by atoms with Crippen LogP contribution in [0.5, 0.6) is 0 Å². The molecule has 0 unspecified atom stereocenters. The van der Waals surface area contributed by atoms with Crippen molar-refractivity contribution in [1.82, 2.24) is 15.1 Å². The Bertz CT molecular complexity index is 465. The first-order valence-electron chi connectivity index (χ1n) is 5.18. The SMILES string of the molecule is CNCc1cccc(Cn2cc(Cl)cn2)c1. The Hall–Kier alpha value is -1.32. The number of hydrogen-bond donors (Lipinski definition) is 1. The Morgan fingerprint density at radius 2 is 2.19 bits per heavy atom. The van der Waals surface area contributed by atoms with Crippen molar-refractivity contribution < 1.29 is 0 Å². The second kappa shape index (κ2) is 5.14. The lowest BCUT2D eigenvalue weighted by Gasteiger charge is -2.05. The lowest BCUT2D eigenvalue weighted by atomic mass is 10.1. The number of nitrogens with one attached hydrogen (secondary N) is 1. The molecule has 1 heterocycles. The van der Waals surface area contributed by atoms with Crippen molar-refractivity contribution in [2.24, 2.45) is 0 Å². The highest BCUT2D eigenvalue weighted by Gasteiger charge is 1.99. The fraction of sp³-hybridized carbons (Fsp3) is 0.250. The van der Waals surface area contributed by atoms with Crippen LogP contribution in [-0.2, 0) is 13.1 Å². The van der Waals surface area contributed by atoms with Gasteiger partial charge in [-0.1, -0.05) is 35.9 Å². The van der Waals surface area contributed by atoms with E-state index in [1.165, 1.54) is 11.1 Å². The van der Waals surface area contributed by atoms with Gasteiger partial charge in [0, 0.05) is 12.7 Å². The molecule has 16 heavy (non-hydrogen) atoms. The molecular weight excluding hydrogens is 222 g/mol. The van der Waals surface area contributed by atoms with Gasteiger partial charge in [-0.05, 0) is 18.2 Å². The number of halogens is 1. The van der Waals surface area contributed by atoms with Crippen LogP contribution in [0.1, 0.15) is 11.1 Å². The Labute approximate surface area is 100 Å². The van der Waals surface area contributed by atoms with Crippen molar-refractivity contribution in [2.75, 3.05) is 7.05 Å². The molecule has 0 amide bonds. The summed E-state index contributed by atoms with van der Waals surface area (Å²) in [5.74, 6) is 0. The molecule has 4 heteroatoms. The Morgan fingerprint density at radius 3 is 2.88 bits per heavy atom. The van der Waals surface area contributed by atoms with Crippen LogP contribution in [0.15, 0.2) is 36.7 Å². The van der Waals surface area contributed by atoms with E-state index in [0.29, 0.717) is 5.02 Å². The monoisotopic (exact) mass is 235 g/mol. The van der Waals surface area contributed by atoms with Gasteiger partial charge >= 0.3 is 0 Å². The maximum atomic E-state index is 5.81. The molecule has 1 aromatic carbocycles. The first-order valence-corrected chi connectivity index (χ1v) is 5.56. The average Bonchev–Trinajstić information content (AvgIpc) is 2.65. The summed E-state index contributed by atoms with van der Waals surface area (Å²) in [4.78, 5) is 0. The molecule has 3 nitrogen and oxygen atoms in total. The first-order chi connectivity index (χ1) is 7.78. The number of nitrogens with zero attached hydrogens (tertiary/aromatic N) is 2. The van der Waals surface area contributed by atoms with Gasteiger partial charge in [-0.2, -0.15) is 5.10 Å². The number of hydrogen-bond acceptors (Lipinski definition) is 2. The lowest BCUT2D eigenvalue weighted by Crippen LogP contribution is -2.06. The van der Waals surface area contributed by atoms with Gasteiger partial charge in [-0.15, -0.1) is 0 Å². The van der Waals surface area contributed by atoms with Gasteiger partial charge in [0.05, 0.1) is 17.8 Å². The largest absolute Gasteiger partial charge is 0.316 e. The van der Waals surface area contributed by atoms with Crippen LogP contribution >= 0.6 is 11.6 Å². The minimum atomic E-state index is 0.673. The van der Waals surface area contributed by atoms with Gasteiger partial charge < -0.3 is 5.32 Å². The van der Waals surface area contributed by atoms with Crippen LogP contribution in [0, 0.1) is 0 Å². The van der Waals surface area contributed by atoms with Crippen LogP contribution in [-0.4, -0.2) is 16.8 Å². The van der Waals surface area contributed by atoms with Gasteiger partial charge in [0.2, 0.25) is 0 Å². The van der Waals surface area contributed by atoms with Crippen molar-refractivity contribution >= 4 is 11.6 Å². The van der Waals surface area contributed by atoms with E-state index in [9.17, 15) is 0 Å². The summed E-state index contributed by atoms with van der Waals surface area (Å²) < 4.78 is 1.83. The van der Waals surface area contributed by atoms with Crippen molar-refractivity contribution in [1.29, 1.82) is 0 Å². The quantitative estimate of drug-likeness (QED) is 0.882. The summed E-state index contributed by atoms with van der Waals surface area (Å²) in [6, 6.07) is 8.43. The van der Waals surface area contributed by atoms with E-state index >= 15 is 0 Å². The summed E-state index contributed by atoms with van der Waals surface area (Å²) >= 11 is 5.81. The second-order valence-corrected chi connectivity index (χ2v) is 4.14. The molecule has 0 aliphatic rings. The van der Waals surface area contributed by atoms with Crippen LogP contribution in [0.25, 0.3) is 0 Å². The summed E-state index contributed by atoms with van der Waals surface area (Å²) in [7, 11) is 1.94. The number of aromatic nitrogens is 2. The summed E-state index contributed by atoms with van der Waals surface area (Å²) in [5, 5.41) is 7.96. The average molecular weight is 236 g/mol. The zero-order chi connectivity index (χ0) is 11.4. The highest BCUT2D eigenvalue weighted by Crippen LogP contribution is 2.09. The maximum absolute atomic E-state index is 5.81. The van der Waals surface area contributed by atoms with E-state index in [0.717, 1.165) is 13.1 Å². The van der Waals surface area contributed by atoms with E-state index in [1.807, 2.05) is 17.9 Å². The predicted molar refractivity (Wildman–Crippen MR) is 65.5 cm³/mol. The summed E-state index contributed by atoms with van der Waals surface area (Å²) in [5.41, 5.74) is 2.51. The molecule has 0 spiro atoms. The molecule has 1 N–H and O–H groups in total. The molecule has 2 rings (SSSR count). The van der Waals surface area contributed by atoms with Gasteiger partial charge in [0.1, 0.15) is 0 Å². The molecule has 0 saturated carbocycles. The second-order valence-electron chi connectivity index (χ2n) is 3.71.